The first-order valence-electron chi connectivity index (χ1n) is 7.77. The van der Waals surface area contributed by atoms with Gasteiger partial charge < -0.3 is 15.1 Å². The van der Waals surface area contributed by atoms with Gasteiger partial charge in [-0.1, -0.05) is 12.1 Å². The highest BCUT2D eigenvalue weighted by atomic mass is 16.2. The molecule has 0 spiro atoms. The van der Waals surface area contributed by atoms with E-state index in [0.717, 1.165) is 38.2 Å². The smallest absolute Gasteiger partial charge is 0.253 e. The summed E-state index contributed by atoms with van der Waals surface area (Å²) in [6.45, 7) is 3.61. The van der Waals surface area contributed by atoms with Gasteiger partial charge in [0.15, 0.2) is 0 Å². The number of benzene rings is 1. The summed E-state index contributed by atoms with van der Waals surface area (Å²) in [6.07, 6.45) is 2.32. The first-order valence-corrected chi connectivity index (χ1v) is 7.77. The summed E-state index contributed by atoms with van der Waals surface area (Å²) in [4.78, 5) is 16.8. The fraction of sp³-hybridized carbons (Fsp3) is 0.588. The second-order valence-corrected chi connectivity index (χ2v) is 6.26. The third-order valence-corrected chi connectivity index (χ3v) is 3.97. The minimum atomic E-state index is 0.177. The molecule has 21 heavy (non-hydrogen) atoms. The van der Waals surface area contributed by atoms with Crippen LogP contribution in [-0.2, 0) is 6.54 Å². The molecule has 1 heterocycles. The average molecular weight is 289 g/mol. The Balaban J connectivity index is 2.05. The molecule has 0 radical (unpaired) electrons. The Morgan fingerprint density at radius 2 is 2.24 bits per heavy atom. The number of piperidine rings is 1. The average Bonchev–Trinajstić information content (AvgIpc) is 2.47. The maximum absolute atomic E-state index is 12.7. The monoisotopic (exact) mass is 289 g/mol. The Morgan fingerprint density at radius 3 is 2.95 bits per heavy atom. The van der Waals surface area contributed by atoms with Crippen LogP contribution in [0.15, 0.2) is 24.3 Å². The lowest BCUT2D eigenvalue weighted by Gasteiger charge is -2.33. The summed E-state index contributed by atoms with van der Waals surface area (Å²) in [6, 6.07) is 8.03. The molecule has 1 N–H and O–H groups in total. The molecular formula is C17H27N3O. The van der Waals surface area contributed by atoms with Gasteiger partial charge in [0, 0.05) is 25.2 Å². The number of nitrogens with one attached hydrogen (secondary N) is 1. The van der Waals surface area contributed by atoms with Gasteiger partial charge in [-0.05, 0) is 64.1 Å². The predicted molar refractivity (Wildman–Crippen MR) is 86.4 cm³/mol. The van der Waals surface area contributed by atoms with Crippen LogP contribution < -0.4 is 5.32 Å². The normalized spacial score (nSPS) is 19.0. The molecule has 2 rings (SSSR count). The molecule has 1 aromatic rings. The van der Waals surface area contributed by atoms with E-state index in [0.29, 0.717) is 5.92 Å². The highest BCUT2D eigenvalue weighted by molar-refractivity contribution is 5.94. The van der Waals surface area contributed by atoms with E-state index in [1.54, 1.807) is 0 Å². The SMILES string of the molecule is CNCC1CCCN(C(=O)c2cccc(CN(C)C)c2)C1. The maximum atomic E-state index is 12.7. The summed E-state index contributed by atoms with van der Waals surface area (Å²) < 4.78 is 0. The molecule has 4 nitrogen and oxygen atoms in total. The van der Waals surface area contributed by atoms with Crippen LogP contribution >= 0.6 is 0 Å². The van der Waals surface area contributed by atoms with Crippen molar-refractivity contribution in [1.82, 2.24) is 15.1 Å². The molecule has 1 atom stereocenters. The molecule has 1 fully saturated rings. The summed E-state index contributed by atoms with van der Waals surface area (Å²) in [5, 5.41) is 3.22. The lowest BCUT2D eigenvalue weighted by Crippen LogP contribution is -2.42. The van der Waals surface area contributed by atoms with Crippen LogP contribution in [0.5, 0.6) is 0 Å². The van der Waals surface area contributed by atoms with Crippen LogP contribution in [0, 0.1) is 5.92 Å². The topological polar surface area (TPSA) is 35.6 Å². The number of rotatable bonds is 5. The largest absolute Gasteiger partial charge is 0.338 e. The first kappa shape index (κ1) is 16.0. The van der Waals surface area contributed by atoms with Gasteiger partial charge in [-0.2, -0.15) is 0 Å². The number of carbonyl (C=O) groups is 1. The molecule has 0 aliphatic carbocycles. The lowest BCUT2D eigenvalue weighted by molar-refractivity contribution is 0.0674. The fourth-order valence-electron chi connectivity index (χ4n) is 3.06. The Hall–Kier alpha value is -1.39. The first-order chi connectivity index (χ1) is 10.1. The molecule has 4 heteroatoms. The number of carbonyl (C=O) groups excluding carboxylic acids is 1. The number of hydrogen-bond acceptors (Lipinski definition) is 3. The zero-order valence-corrected chi connectivity index (χ0v) is 13.4. The molecule has 1 amide bonds. The van der Waals surface area contributed by atoms with Gasteiger partial charge in [0.1, 0.15) is 0 Å². The Bertz CT molecular complexity index is 471. The van der Waals surface area contributed by atoms with Crippen molar-refractivity contribution in [2.24, 2.45) is 5.92 Å². The van der Waals surface area contributed by atoms with E-state index in [1.807, 2.05) is 44.2 Å². The minimum Gasteiger partial charge on any atom is -0.338 e. The van der Waals surface area contributed by atoms with Crippen molar-refractivity contribution in [3.8, 4) is 0 Å². The van der Waals surface area contributed by atoms with Gasteiger partial charge in [-0.25, -0.2) is 0 Å². The summed E-state index contributed by atoms with van der Waals surface area (Å²) in [5.74, 6) is 0.758. The molecular weight excluding hydrogens is 262 g/mol. The third kappa shape index (κ3) is 4.55. The van der Waals surface area contributed by atoms with Crippen molar-refractivity contribution in [2.75, 3.05) is 40.8 Å². The van der Waals surface area contributed by atoms with E-state index in [4.69, 9.17) is 0 Å². The van der Waals surface area contributed by atoms with Crippen molar-refractivity contribution in [3.05, 3.63) is 35.4 Å². The summed E-state index contributed by atoms with van der Waals surface area (Å²) in [5.41, 5.74) is 2.01. The Kier molecular flexibility index (Phi) is 5.76. The van der Waals surface area contributed by atoms with E-state index < -0.39 is 0 Å². The molecule has 1 aliphatic heterocycles. The molecule has 0 bridgehead atoms. The molecule has 0 aromatic heterocycles. The van der Waals surface area contributed by atoms with Crippen LogP contribution in [0.4, 0.5) is 0 Å². The van der Waals surface area contributed by atoms with Gasteiger partial charge in [-0.15, -0.1) is 0 Å². The van der Waals surface area contributed by atoms with E-state index in [9.17, 15) is 4.79 Å². The fourth-order valence-corrected chi connectivity index (χ4v) is 3.06. The Morgan fingerprint density at radius 1 is 1.43 bits per heavy atom. The second-order valence-electron chi connectivity index (χ2n) is 6.26. The van der Waals surface area contributed by atoms with Crippen molar-refractivity contribution < 1.29 is 4.79 Å². The summed E-state index contributed by atoms with van der Waals surface area (Å²) >= 11 is 0. The third-order valence-electron chi connectivity index (χ3n) is 3.97. The van der Waals surface area contributed by atoms with E-state index in [1.165, 1.54) is 12.0 Å². The van der Waals surface area contributed by atoms with Crippen LogP contribution in [0.2, 0.25) is 0 Å². The molecule has 116 valence electrons. The number of amides is 1. The number of likely N-dealkylation sites (tertiary alicyclic amines) is 1. The van der Waals surface area contributed by atoms with Crippen molar-refractivity contribution in [1.29, 1.82) is 0 Å². The van der Waals surface area contributed by atoms with Crippen LogP contribution in [0.1, 0.15) is 28.8 Å². The summed E-state index contributed by atoms with van der Waals surface area (Å²) in [7, 11) is 6.06. The number of hydrogen-bond donors (Lipinski definition) is 1. The standard InChI is InChI=1S/C17H27N3O/c1-18-11-15-7-5-9-20(13-15)17(21)16-8-4-6-14(10-16)12-19(2)3/h4,6,8,10,15,18H,5,7,9,11-13H2,1-3H3. The van der Waals surface area contributed by atoms with Crippen molar-refractivity contribution in [3.63, 3.8) is 0 Å². The van der Waals surface area contributed by atoms with Gasteiger partial charge >= 0.3 is 0 Å². The minimum absolute atomic E-state index is 0.177. The molecule has 1 saturated heterocycles. The van der Waals surface area contributed by atoms with Gasteiger partial charge in [0.2, 0.25) is 0 Å². The van der Waals surface area contributed by atoms with Crippen LogP contribution in [0.3, 0.4) is 0 Å². The van der Waals surface area contributed by atoms with Gasteiger partial charge in [-0.3, -0.25) is 4.79 Å². The zero-order chi connectivity index (χ0) is 15.2. The Labute approximate surface area is 128 Å². The highest BCUT2D eigenvalue weighted by Crippen LogP contribution is 2.18. The highest BCUT2D eigenvalue weighted by Gasteiger charge is 2.24. The molecule has 0 saturated carbocycles. The van der Waals surface area contributed by atoms with Crippen molar-refractivity contribution in [2.45, 2.75) is 19.4 Å². The van der Waals surface area contributed by atoms with E-state index >= 15 is 0 Å². The zero-order valence-electron chi connectivity index (χ0n) is 13.4. The van der Waals surface area contributed by atoms with Gasteiger partial charge in [0.25, 0.3) is 5.91 Å². The maximum Gasteiger partial charge on any atom is 0.253 e. The molecule has 1 unspecified atom stereocenters. The van der Waals surface area contributed by atoms with Crippen molar-refractivity contribution >= 4 is 5.91 Å². The molecule has 1 aromatic carbocycles. The lowest BCUT2D eigenvalue weighted by atomic mass is 9.97. The number of nitrogens with zero attached hydrogens (tertiary/aromatic N) is 2. The van der Waals surface area contributed by atoms with E-state index in [2.05, 4.69) is 16.3 Å². The quantitative estimate of drug-likeness (QED) is 0.898. The van der Waals surface area contributed by atoms with Gasteiger partial charge in [0.05, 0.1) is 0 Å². The predicted octanol–water partition coefficient (Wildman–Crippen LogP) is 1.82. The van der Waals surface area contributed by atoms with E-state index in [-0.39, 0.29) is 5.91 Å². The van der Waals surface area contributed by atoms with Crippen LogP contribution in [0.25, 0.3) is 0 Å². The van der Waals surface area contributed by atoms with Crippen LogP contribution in [-0.4, -0.2) is 56.5 Å². The molecule has 1 aliphatic rings. The second kappa shape index (κ2) is 7.57.